The Balaban J connectivity index is 4.64. The molecule has 0 aliphatic rings. The molecule has 0 saturated carbocycles. The molecule has 0 amide bonds. The van der Waals surface area contributed by atoms with Gasteiger partial charge >= 0.3 is 23.9 Å². The molecule has 0 aliphatic carbocycles. The van der Waals surface area contributed by atoms with E-state index in [0.717, 1.165) is 50.9 Å². The SMILES string of the molecule is CCCCCCCC(=O)OC(=O)C(CCCCCCCCCCCCC(C)C)C(O)(CC(=O)O)C(=O)O. The third-order valence-electron chi connectivity index (χ3n) is 6.88. The van der Waals surface area contributed by atoms with Gasteiger partial charge in [0.05, 0.1) is 12.3 Å². The minimum Gasteiger partial charge on any atom is -0.481 e. The van der Waals surface area contributed by atoms with E-state index >= 15 is 0 Å². The Morgan fingerprint density at radius 3 is 1.62 bits per heavy atom. The number of hydrogen-bond donors (Lipinski definition) is 3. The Morgan fingerprint density at radius 1 is 0.703 bits per heavy atom. The van der Waals surface area contributed by atoms with Crippen LogP contribution in [-0.4, -0.2) is 44.8 Å². The highest BCUT2D eigenvalue weighted by Crippen LogP contribution is 2.29. The van der Waals surface area contributed by atoms with Crippen LogP contribution in [0.25, 0.3) is 0 Å². The third-order valence-corrected chi connectivity index (χ3v) is 6.88. The van der Waals surface area contributed by atoms with Crippen molar-refractivity contribution in [3.63, 3.8) is 0 Å². The summed E-state index contributed by atoms with van der Waals surface area (Å²) in [6, 6.07) is 0. The monoisotopic (exact) mass is 528 g/mol. The van der Waals surface area contributed by atoms with Gasteiger partial charge < -0.3 is 20.1 Å². The summed E-state index contributed by atoms with van der Waals surface area (Å²) in [6.07, 6.45) is 14.9. The van der Waals surface area contributed by atoms with E-state index in [-0.39, 0.29) is 12.8 Å². The minimum absolute atomic E-state index is 0.0182. The summed E-state index contributed by atoms with van der Waals surface area (Å²) in [5.41, 5.74) is -2.83. The van der Waals surface area contributed by atoms with Crippen molar-refractivity contribution in [2.24, 2.45) is 11.8 Å². The lowest BCUT2D eigenvalue weighted by atomic mass is 9.81. The molecule has 0 radical (unpaired) electrons. The van der Waals surface area contributed by atoms with Crippen LogP contribution < -0.4 is 0 Å². The summed E-state index contributed by atoms with van der Waals surface area (Å²) in [5, 5.41) is 29.4. The molecule has 0 heterocycles. The Hall–Kier alpha value is -1.96. The lowest BCUT2D eigenvalue weighted by Gasteiger charge is -2.29. The van der Waals surface area contributed by atoms with Gasteiger partial charge in [0.15, 0.2) is 5.60 Å². The number of aliphatic carboxylic acids is 2. The molecule has 216 valence electrons. The predicted octanol–water partition coefficient (Wildman–Crippen LogP) is 6.66. The molecule has 3 N–H and O–H groups in total. The normalized spacial score (nSPS) is 13.8. The number of aliphatic hydroxyl groups is 1. The fourth-order valence-electron chi connectivity index (χ4n) is 4.55. The molecular weight excluding hydrogens is 476 g/mol. The summed E-state index contributed by atoms with van der Waals surface area (Å²) >= 11 is 0. The molecule has 0 rings (SSSR count). The second-order valence-electron chi connectivity index (χ2n) is 10.8. The molecule has 8 nitrogen and oxygen atoms in total. The number of carbonyl (C=O) groups is 4. The van der Waals surface area contributed by atoms with Crippen LogP contribution in [-0.2, 0) is 23.9 Å². The first-order chi connectivity index (χ1) is 17.5. The van der Waals surface area contributed by atoms with Crippen LogP contribution in [0.5, 0.6) is 0 Å². The number of esters is 2. The fraction of sp³-hybridized carbons (Fsp3) is 0.862. The van der Waals surface area contributed by atoms with Crippen molar-refractivity contribution in [3.05, 3.63) is 0 Å². The van der Waals surface area contributed by atoms with E-state index in [2.05, 4.69) is 20.8 Å². The first kappa shape index (κ1) is 35.0. The van der Waals surface area contributed by atoms with Gasteiger partial charge in [0.25, 0.3) is 0 Å². The lowest BCUT2D eigenvalue weighted by Crippen LogP contribution is -2.51. The van der Waals surface area contributed by atoms with E-state index < -0.39 is 41.8 Å². The standard InChI is InChI=1S/C29H52O8/c1-4-5-6-13-18-21-26(32)37-27(33)24(29(36,28(34)35)22-25(30)31)20-17-15-12-10-8-7-9-11-14-16-19-23(2)3/h23-24,36H,4-22H2,1-3H3,(H,30,31)(H,34,35). The molecule has 0 aromatic carbocycles. The Bertz CT molecular complexity index is 660. The zero-order chi connectivity index (χ0) is 28.1. The van der Waals surface area contributed by atoms with Crippen molar-refractivity contribution in [2.45, 2.75) is 148 Å². The predicted molar refractivity (Wildman–Crippen MR) is 143 cm³/mol. The largest absolute Gasteiger partial charge is 0.481 e. The van der Waals surface area contributed by atoms with E-state index in [4.69, 9.17) is 9.84 Å². The molecule has 8 heteroatoms. The van der Waals surface area contributed by atoms with Gasteiger partial charge in [-0.3, -0.25) is 14.4 Å². The van der Waals surface area contributed by atoms with Gasteiger partial charge in [0.1, 0.15) is 0 Å². The Kier molecular flexibility index (Phi) is 19.9. The van der Waals surface area contributed by atoms with Crippen molar-refractivity contribution in [3.8, 4) is 0 Å². The lowest BCUT2D eigenvalue weighted by molar-refractivity contribution is -0.184. The van der Waals surface area contributed by atoms with Crippen LogP contribution in [0.4, 0.5) is 0 Å². The molecular formula is C29H52O8. The van der Waals surface area contributed by atoms with E-state index in [1.807, 2.05) is 0 Å². The van der Waals surface area contributed by atoms with Crippen LogP contribution in [0.3, 0.4) is 0 Å². The number of carbonyl (C=O) groups excluding carboxylic acids is 2. The maximum atomic E-state index is 12.7. The van der Waals surface area contributed by atoms with E-state index in [9.17, 15) is 29.4 Å². The van der Waals surface area contributed by atoms with E-state index in [1.54, 1.807) is 0 Å². The summed E-state index contributed by atoms with van der Waals surface area (Å²) in [7, 11) is 0. The Labute approximate surface area is 223 Å². The molecule has 2 atom stereocenters. The average Bonchev–Trinajstić information content (AvgIpc) is 2.80. The molecule has 0 spiro atoms. The van der Waals surface area contributed by atoms with Crippen LogP contribution >= 0.6 is 0 Å². The van der Waals surface area contributed by atoms with Crippen molar-refractivity contribution in [2.75, 3.05) is 0 Å². The number of hydrogen-bond acceptors (Lipinski definition) is 6. The highest BCUT2D eigenvalue weighted by Gasteiger charge is 2.50. The number of rotatable bonds is 24. The van der Waals surface area contributed by atoms with Gasteiger partial charge in [-0.1, -0.05) is 117 Å². The molecule has 2 unspecified atom stereocenters. The summed E-state index contributed by atoms with van der Waals surface area (Å²) in [4.78, 5) is 47.9. The molecule has 0 fully saturated rings. The van der Waals surface area contributed by atoms with Crippen LogP contribution in [0.15, 0.2) is 0 Å². The van der Waals surface area contributed by atoms with Gasteiger partial charge in [-0.2, -0.15) is 0 Å². The average molecular weight is 529 g/mol. The van der Waals surface area contributed by atoms with Gasteiger partial charge in [-0.15, -0.1) is 0 Å². The van der Waals surface area contributed by atoms with Gasteiger partial charge in [0, 0.05) is 6.42 Å². The molecule has 37 heavy (non-hydrogen) atoms. The van der Waals surface area contributed by atoms with Crippen molar-refractivity contribution in [1.29, 1.82) is 0 Å². The van der Waals surface area contributed by atoms with Crippen LogP contribution in [0, 0.1) is 11.8 Å². The number of carboxylic acid groups (broad SMARTS) is 2. The number of ether oxygens (including phenoxy) is 1. The first-order valence-electron chi connectivity index (χ1n) is 14.5. The quantitative estimate of drug-likeness (QED) is 0.0718. The van der Waals surface area contributed by atoms with E-state index in [1.165, 1.54) is 38.5 Å². The zero-order valence-electron chi connectivity index (χ0n) is 23.5. The second-order valence-corrected chi connectivity index (χ2v) is 10.8. The topological polar surface area (TPSA) is 138 Å². The highest BCUT2D eigenvalue weighted by atomic mass is 16.6. The van der Waals surface area contributed by atoms with Crippen molar-refractivity contribution >= 4 is 23.9 Å². The molecule has 0 aliphatic heterocycles. The fourth-order valence-corrected chi connectivity index (χ4v) is 4.55. The van der Waals surface area contributed by atoms with Gasteiger partial charge in [0.2, 0.25) is 0 Å². The maximum Gasteiger partial charge on any atom is 0.337 e. The molecule has 0 aromatic heterocycles. The van der Waals surface area contributed by atoms with Gasteiger partial charge in [-0.25, -0.2) is 4.79 Å². The Morgan fingerprint density at radius 2 is 1.16 bits per heavy atom. The maximum absolute atomic E-state index is 12.7. The minimum atomic E-state index is -2.83. The highest BCUT2D eigenvalue weighted by molar-refractivity contribution is 5.93. The summed E-state index contributed by atoms with van der Waals surface area (Å²) < 4.78 is 4.87. The first-order valence-corrected chi connectivity index (χ1v) is 14.5. The third kappa shape index (κ3) is 17.2. The second kappa shape index (κ2) is 21.0. The summed E-state index contributed by atoms with van der Waals surface area (Å²) in [5.74, 6) is -6.17. The zero-order valence-corrected chi connectivity index (χ0v) is 23.5. The number of unbranched alkanes of at least 4 members (excludes halogenated alkanes) is 13. The summed E-state index contributed by atoms with van der Waals surface area (Å²) in [6.45, 7) is 6.57. The van der Waals surface area contributed by atoms with Crippen molar-refractivity contribution < 1.29 is 39.2 Å². The number of carboxylic acids is 2. The molecule has 0 bridgehead atoms. The van der Waals surface area contributed by atoms with Crippen LogP contribution in [0.1, 0.15) is 143 Å². The van der Waals surface area contributed by atoms with Gasteiger partial charge in [-0.05, 0) is 18.8 Å². The molecule has 0 aromatic rings. The molecule has 0 saturated heterocycles. The smallest absolute Gasteiger partial charge is 0.337 e. The van der Waals surface area contributed by atoms with Crippen LogP contribution in [0.2, 0.25) is 0 Å². The van der Waals surface area contributed by atoms with Crippen molar-refractivity contribution in [1.82, 2.24) is 0 Å². The van der Waals surface area contributed by atoms with E-state index in [0.29, 0.717) is 19.3 Å².